The Morgan fingerprint density at radius 1 is 1.00 bits per heavy atom. The number of esters is 1. The highest BCUT2D eigenvalue weighted by Crippen LogP contribution is 2.19. The lowest BCUT2D eigenvalue weighted by Crippen LogP contribution is -2.28. The van der Waals surface area contributed by atoms with E-state index in [1.807, 2.05) is 32.0 Å². The van der Waals surface area contributed by atoms with E-state index in [2.05, 4.69) is 36.5 Å². The van der Waals surface area contributed by atoms with E-state index in [0.717, 1.165) is 6.61 Å². The Hall–Kier alpha value is -1.63. The van der Waals surface area contributed by atoms with Crippen molar-refractivity contribution in [2.75, 3.05) is 19.8 Å². The van der Waals surface area contributed by atoms with Crippen molar-refractivity contribution in [2.45, 2.75) is 41.5 Å². The summed E-state index contributed by atoms with van der Waals surface area (Å²) in [7, 11) is 0. The van der Waals surface area contributed by atoms with Gasteiger partial charge in [-0.2, -0.15) is 5.90 Å². The van der Waals surface area contributed by atoms with Gasteiger partial charge in [0.15, 0.2) is 5.75 Å². The maximum atomic E-state index is 10.7. The predicted octanol–water partition coefficient (Wildman–Crippen LogP) is 3.51. The van der Waals surface area contributed by atoms with Crippen LogP contribution in [0.4, 0.5) is 0 Å². The zero-order valence-electron chi connectivity index (χ0n) is 15.6. The van der Waals surface area contributed by atoms with E-state index in [4.69, 9.17) is 9.47 Å². The molecule has 0 aromatic heterocycles. The first-order valence-corrected chi connectivity index (χ1v) is 7.85. The van der Waals surface area contributed by atoms with Crippen molar-refractivity contribution < 1.29 is 24.1 Å². The number of rotatable bonds is 7. The van der Waals surface area contributed by atoms with Gasteiger partial charge in [0.05, 0.1) is 19.8 Å². The van der Waals surface area contributed by atoms with Gasteiger partial charge in [-0.05, 0) is 17.5 Å². The molecule has 138 valence electrons. The van der Waals surface area contributed by atoms with Crippen LogP contribution in [-0.4, -0.2) is 25.8 Å². The second-order valence-corrected chi connectivity index (χ2v) is 7.49. The molecule has 0 aliphatic heterocycles. The molecule has 0 saturated heterocycles. The van der Waals surface area contributed by atoms with Crippen molar-refractivity contribution in [3.63, 3.8) is 0 Å². The van der Waals surface area contributed by atoms with E-state index in [1.165, 1.54) is 6.92 Å². The Kier molecular flexibility index (Phi) is 10.3. The molecule has 0 aliphatic carbocycles. The van der Waals surface area contributed by atoms with Gasteiger partial charge in [0, 0.05) is 12.3 Å². The number of carbonyl (C=O) groups excluding carboxylic acids is 1. The van der Waals surface area contributed by atoms with Crippen LogP contribution in [0.25, 0.3) is 0 Å². The van der Waals surface area contributed by atoms with Crippen LogP contribution in [0.2, 0.25) is 0 Å². The summed E-state index contributed by atoms with van der Waals surface area (Å²) in [6.07, 6.45) is 0. The molecule has 0 spiro atoms. The minimum absolute atomic E-state index is 0.114. The van der Waals surface area contributed by atoms with Crippen LogP contribution in [0.15, 0.2) is 30.3 Å². The molecule has 1 rings (SSSR count). The molecule has 0 unspecified atom stereocenters. The number of ether oxygens (including phenoxy) is 2. The molecule has 0 atom stereocenters. The molecule has 6 heteroatoms. The first-order chi connectivity index (χ1) is 11.1. The van der Waals surface area contributed by atoms with E-state index in [1.54, 1.807) is 12.1 Å². The summed E-state index contributed by atoms with van der Waals surface area (Å²) in [5.74, 6) is 5.00. The third-order valence-electron chi connectivity index (χ3n) is 2.58. The zero-order chi connectivity index (χ0) is 18.6. The molecule has 1 aromatic rings. The first kappa shape index (κ1) is 22.4. The van der Waals surface area contributed by atoms with Crippen molar-refractivity contribution in [1.82, 2.24) is 0 Å². The van der Waals surface area contributed by atoms with E-state index in [-0.39, 0.29) is 16.8 Å². The molecule has 0 amide bonds. The number of para-hydroxylation sites is 1. The monoisotopic (exact) mass is 341 g/mol. The molecule has 0 aliphatic rings. The van der Waals surface area contributed by atoms with Crippen LogP contribution in [0.3, 0.4) is 0 Å². The lowest BCUT2D eigenvalue weighted by Gasteiger charge is -2.26. The molecule has 6 nitrogen and oxygen atoms in total. The van der Waals surface area contributed by atoms with Crippen LogP contribution in [0.5, 0.6) is 5.75 Å². The van der Waals surface area contributed by atoms with Crippen molar-refractivity contribution in [3.05, 3.63) is 30.3 Å². The number of hydrogen-bond donors (Lipinski definition) is 1. The lowest BCUT2D eigenvalue weighted by atomic mass is 9.95. The summed E-state index contributed by atoms with van der Waals surface area (Å²) >= 11 is 0. The lowest BCUT2D eigenvalue weighted by molar-refractivity contribution is -0.211. The largest absolute Gasteiger partial charge is 0.465 e. The third-order valence-corrected chi connectivity index (χ3v) is 2.58. The van der Waals surface area contributed by atoms with Crippen molar-refractivity contribution in [1.29, 1.82) is 0 Å². The second-order valence-electron chi connectivity index (χ2n) is 7.49. The second kappa shape index (κ2) is 11.0. The van der Waals surface area contributed by atoms with Crippen LogP contribution >= 0.6 is 0 Å². The Balaban J connectivity index is 0.000000496. The first-order valence-electron chi connectivity index (χ1n) is 7.85. The predicted molar refractivity (Wildman–Crippen MR) is 93.0 cm³/mol. The van der Waals surface area contributed by atoms with Gasteiger partial charge in [0.25, 0.3) is 0 Å². The van der Waals surface area contributed by atoms with Crippen molar-refractivity contribution in [2.24, 2.45) is 16.7 Å². The Morgan fingerprint density at radius 2 is 1.58 bits per heavy atom. The number of carbonyl (C=O) groups is 1. The smallest absolute Gasteiger partial charge is 0.302 e. The summed E-state index contributed by atoms with van der Waals surface area (Å²) in [6, 6.07) is 9.02. The average molecular weight is 341 g/mol. The Bertz CT molecular complexity index is 454. The molecule has 0 radical (unpaired) electrons. The maximum absolute atomic E-state index is 10.7. The van der Waals surface area contributed by atoms with Gasteiger partial charge in [-0.25, -0.2) is 0 Å². The topological polar surface area (TPSA) is 80.0 Å². The van der Waals surface area contributed by atoms with Crippen LogP contribution in [0.1, 0.15) is 41.5 Å². The number of hydrogen-bond acceptors (Lipinski definition) is 6. The molecule has 0 heterocycles. The van der Waals surface area contributed by atoms with Gasteiger partial charge in [-0.3, -0.25) is 4.79 Å². The normalized spacial score (nSPS) is 11.3. The van der Waals surface area contributed by atoms with E-state index in [9.17, 15) is 4.79 Å². The molecule has 24 heavy (non-hydrogen) atoms. The summed E-state index contributed by atoms with van der Waals surface area (Å²) in [6.45, 7) is 13.6. The highest BCUT2D eigenvalue weighted by Gasteiger charge is 2.21. The zero-order valence-corrected chi connectivity index (χ0v) is 15.6. The maximum Gasteiger partial charge on any atom is 0.302 e. The van der Waals surface area contributed by atoms with E-state index < -0.39 is 0 Å². The summed E-state index contributed by atoms with van der Waals surface area (Å²) < 4.78 is 10.6. The molecule has 0 saturated carbocycles. The molecule has 1 aromatic carbocycles. The van der Waals surface area contributed by atoms with Gasteiger partial charge >= 0.3 is 5.97 Å². The summed E-state index contributed by atoms with van der Waals surface area (Å²) in [4.78, 5) is 19.1. The van der Waals surface area contributed by atoms with Crippen molar-refractivity contribution >= 4 is 5.97 Å². The third kappa shape index (κ3) is 14.0. The van der Waals surface area contributed by atoms with Crippen LogP contribution in [0, 0.1) is 10.8 Å². The Morgan fingerprint density at radius 3 is 2.04 bits per heavy atom. The van der Waals surface area contributed by atoms with Gasteiger partial charge < -0.3 is 14.4 Å². The summed E-state index contributed by atoms with van der Waals surface area (Å²) in [5, 5.41) is 0. The van der Waals surface area contributed by atoms with Gasteiger partial charge in [-0.1, -0.05) is 57.8 Å². The van der Waals surface area contributed by atoms with Crippen LogP contribution in [-0.2, 0) is 19.3 Å². The minimum Gasteiger partial charge on any atom is -0.465 e. The SMILES string of the molecule is CC(=O)OCC(C)(C)COCC(C)(C)C.NOOc1ccccc1. The van der Waals surface area contributed by atoms with Crippen LogP contribution < -0.4 is 10.8 Å². The number of nitrogens with two attached hydrogens (primary N) is 1. The van der Waals surface area contributed by atoms with Gasteiger partial charge in [-0.15, -0.1) is 0 Å². The van der Waals surface area contributed by atoms with E-state index in [0.29, 0.717) is 19.0 Å². The highest BCUT2D eigenvalue weighted by molar-refractivity contribution is 5.65. The number of benzene rings is 1. The standard InChI is InChI=1S/C12H24O3.C6H7NO2/c1-10(13)15-9-12(5,6)8-14-7-11(2,3)4;7-9-8-6-4-2-1-3-5-6/h7-9H2,1-6H3;1-5H,7H2. The quantitative estimate of drug-likeness (QED) is 0.464. The molecule has 0 bridgehead atoms. The fraction of sp³-hybridized carbons (Fsp3) is 0.611. The average Bonchev–Trinajstić information content (AvgIpc) is 2.46. The molecular weight excluding hydrogens is 310 g/mol. The minimum atomic E-state index is -0.237. The molecular formula is C18H31NO5. The fourth-order valence-electron chi connectivity index (χ4n) is 1.50. The van der Waals surface area contributed by atoms with Gasteiger partial charge in [0.2, 0.25) is 0 Å². The summed E-state index contributed by atoms with van der Waals surface area (Å²) in [5.41, 5.74) is 0.0639. The van der Waals surface area contributed by atoms with Gasteiger partial charge in [0.1, 0.15) is 0 Å². The van der Waals surface area contributed by atoms with E-state index >= 15 is 0 Å². The van der Waals surface area contributed by atoms with Crippen molar-refractivity contribution in [3.8, 4) is 5.75 Å². The fourth-order valence-corrected chi connectivity index (χ4v) is 1.50. The molecule has 0 fully saturated rings. The highest BCUT2D eigenvalue weighted by atomic mass is 17.3. The Labute approximate surface area is 145 Å². The molecule has 2 N–H and O–H groups in total.